The smallest absolute Gasteiger partial charge is 0.253 e. The van der Waals surface area contributed by atoms with Crippen LogP contribution >= 0.6 is 0 Å². The van der Waals surface area contributed by atoms with Crippen molar-refractivity contribution < 1.29 is 9.18 Å². The normalized spacial score (nSPS) is 18.0. The lowest BCUT2D eigenvalue weighted by atomic mass is 9.91. The standard InChI is InChI=1S/C33H38FN3O/c1-8-9-29(25-11-13-32(30(18-25)31-19-35-31)37-15-14-27(34)20-37)24(5)21(2)16-22(3)28-12-10-26(17-23(28)4)33(38)36(6)7/h8-13,16-19,27,35H,1,14-15,20H2,2-7H3/b22-16+,24-21+,29-9+/t27-/m0/s1. The molecule has 2 aliphatic rings. The molecule has 1 N–H and O–H groups in total. The third-order valence-corrected chi connectivity index (χ3v) is 7.38. The molecule has 0 aromatic heterocycles. The molecule has 1 fully saturated rings. The number of rotatable bonds is 8. The average Bonchev–Trinajstić information content (AvgIpc) is 3.65. The molecule has 4 nitrogen and oxygen atoms in total. The number of hydrogen-bond acceptors (Lipinski definition) is 3. The van der Waals surface area contributed by atoms with Crippen LogP contribution in [0.5, 0.6) is 0 Å². The van der Waals surface area contributed by atoms with Gasteiger partial charge in [0.05, 0.1) is 5.70 Å². The molecule has 1 amide bonds. The van der Waals surface area contributed by atoms with Crippen molar-refractivity contribution in [1.29, 1.82) is 0 Å². The van der Waals surface area contributed by atoms with E-state index in [2.05, 4.69) is 67.9 Å². The number of benzene rings is 2. The van der Waals surface area contributed by atoms with E-state index in [4.69, 9.17) is 0 Å². The van der Waals surface area contributed by atoms with Gasteiger partial charge in [-0.3, -0.25) is 4.79 Å². The van der Waals surface area contributed by atoms with E-state index in [-0.39, 0.29) is 5.91 Å². The molecule has 1 atom stereocenters. The maximum Gasteiger partial charge on any atom is 0.253 e. The number of carbonyl (C=O) groups excluding carboxylic acids is 1. The van der Waals surface area contributed by atoms with Crippen LogP contribution in [0.2, 0.25) is 0 Å². The number of anilines is 1. The summed E-state index contributed by atoms with van der Waals surface area (Å²) in [5, 5.41) is 3.23. The highest BCUT2D eigenvalue weighted by molar-refractivity contribution is 5.94. The molecule has 5 heteroatoms. The predicted octanol–water partition coefficient (Wildman–Crippen LogP) is 7.16. The summed E-state index contributed by atoms with van der Waals surface area (Å²) >= 11 is 0. The fourth-order valence-corrected chi connectivity index (χ4v) is 5.10. The fourth-order valence-electron chi connectivity index (χ4n) is 5.10. The lowest BCUT2D eigenvalue weighted by Gasteiger charge is -2.22. The molecule has 38 heavy (non-hydrogen) atoms. The van der Waals surface area contributed by atoms with E-state index in [9.17, 15) is 9.18 Å². The summed E-state index contributed by atoms with van der Waals surface area (Å²) in [6.07, 6.45) is 7.88. The Morgan fingerprint density at radius 1 is 1.13 bits per heavy atom. The van der Waals surface area contributed by atoms with Crippen LogP contribution in [0.15, 0.2) is 78.6 Å². The van der Waals surface area contributed by atoms with Gasteiger partial charge in [-0.15, -0.1) is 0 Å². The van der Waals surface area contributed by atoms with Gasteiger partial charge in [0, 0.05) is 50.2 Å². The number of carbonyl (C=O) groups is 1. The Bertz CT molecular complexity index is 1390. The zero-order chi connectivity index (χ0) is 27.6. The summed E-state index contributed by atoms with van der Waals surface area (Å²) < 4.78 is 13.9. The molecule has 2 aromatic rings. The Balaban J connectivity index is 1.67. The fraction of sp³-hybridized carbons (Fsp3) is 0.303. The first-order valence-electron chi connectivity index (χ1n) is 13.1. The Morgan fingerprint density at radius 3 is 2.42 bits per heavy atom. The predicted molar refractivity (Wildman–Crippen MR) is 159 cm³/mol. The highest BCUT2D eigenvalue weighted by Crippen LogP contribution is 2.37. The van der Waals surface area contributed by atoms with Crippen molar-refractivity contribution in [2.45, 2.75) is 40.3 Å². The van der Waals surface area contributed by atoms with Gasteiger partial charge in [0.2, 0.25) is 0 Å². The van der Waals surface area contributed by atoms with E-state index in [1.807, 2.05) is 37.4 Å². The van der Waals surface area contributed by atoms with Crippen molar-refractivity contribution >= 4 is 28.4 Å². The van der Waals surface area contributed by atoms with E-state index in [0.717, 1.165) is 62.5 Å². The van der Waals surface area contributed by atoms with Gasteiger partial charge in [-0.05, 0) is 97.4 Å². The van der Waals surface area contributed by atoms with Crippen LogP contribution in [0.25, 0.3) is 16.8 Å². The number of aryl methyl sites for hydroxylation is 1. The van der Waals surface area contributed by atoms with E-state index in [1.165, 1.54) is 0 Å². The molecule has 0 aliphatic carbocycles. The van der Waals surface area contributed by atoms with Crippen LogP contribution in [0, 0.1) is 6.92 Å². The van der Waals surface area contributed by atoms with E-state index in [1.54, 1.807) is 19.0 Å². The summed E-state index contributed by atoms with van der Waals surface area (Å²) in [7, 11) is 3.53. The average molecular weight is 512 g/mol. The zero-order valence-corrected chi connectivity index (χ0v) is 23.4. The third-order valence-electron chi connectivity index (χ3n) is 7.38. The number of amides is 1. The van der Waals surface area contributed by atoms with Crippen LogP contribution in [0.1, 0.15) is 59.8 Å². The Morgan fingerprint density at radius 2 is 1.84 bits per heavy atom. The lowest BCUT2D eigenvalue weighted by molar-refractivity contribution is 0.0827. The number of halogens is 1. The second-order valence-electron chi connectivity index (χ2n) is 10.4. The largest absolute Gasteiger partial charge is 0.368 e. The summed E-state index contributed by atoms with van der Waals surface area (Å²) in [5.41, 5.74) is 11.8. The molecule has 0 bridgehead atoms. The molecule has 2 aromatic carbocycles. The summed E-state index contributed by atoms with van der Waals surface area (Å²) in [6, 6.07) is 12.3. The second kappa shape index (κ2) is 11.3. The number of nitrogens with zero attached hydrogens (tertiary/aromatic N) is 2. The zero-order valence-electron chi connectivity index (χ0n) is 23.4. The minimum absolute atomic E-state index is 0.00389. The first-order valence-corrected chi connectivity index (χ1v) is 13.1. The van der Waals surface area contributed by atoms with Crippen molar-refractivity contribution in [2.75, 3.05) is 32.1 Å². The summed E-state index contributed by atoms with van der Waals surface area (Å²) in [4.78, 5) is 16.1. The molecule has 0 unspecified atom stereocenters. The highest BCUT2D eigenvalue weighted by Gasteiger charge is 2.26. The molecule has 2 aliphatic heterocycles. The maximum atomic E-state index is 13.9. The number of allylic oxidation sites excluding steroid dienone is 7. The van der Waals surface area contributed by atoms with Gasteiger partial charge in [-0.1, -0.05) is 36.9 Å². The van der Waals surface area contributed by atoms with E-state index >= 15 is 0 Å². The van der Waals surface area contributed by atoms with Crippen molar-refractivity contribution in [3.8, 4) is 0 Å². The first-order chi connectivity index (χ1) is 18.1. The molecule has 4 rings (SSSR count). The van der Waals surface area contributed by atoms with Crippen molar-refractivity contribution in [3.05, 3.63) is 106 Å². The lowest BCUT2D eigenvalue weighted by Crippen LogP contribution is -2.21. The van der Waals surface area contributed by atoms with Crippen LogP contribution in [-0.2, 0) is 0 Å². The molecule has 0 spiro atoms. The van der Waals surface area contributed by atoms with E-state index in [0.29, 0.717) is 18.5 Å². The third kappa shape index (κ3) is 5.83. The van der Waals surface area contributed by atoms with E-state index < -0.39 is 6.17 Å². The minimum atomic E-state index is -0.768. The monoisotopic (exact) mass is 511 g/mol. The topological polar surface area (TPSA) is 45.5 Å². The molecule has 2 heterocycles. The van der Waals surface area contributed by atoms with Crippen molar-refractivity contribution in [3.63, 3.8) is 0 Å². The van der Waals surface area contributed by atoms with Crippen LogP contribution in [0.3, 0.4) is 0 Å². The Hall–Kier alpha value is -3.86. The highest BCUT2D eigenvalue weighted by atomic mass is 19.1. The molecule has 0 radical (unpaired) electrons. The SMILES string of the molecule is C=C\C=C(/C(C)=C(C)/C=C(\C)c1ccc(C(=O)N(C)C)cc1C)c1ccc(N2CC[C@H](F)C2)c(C2=CN2)c1. The molecule has 1 saturated heterocycles. The van der Waals surface area contributed by atoms with Gasteiger partial charge < -0.3 is 15.1 Å². The molecule has 0 saturated carbocycles. The maximum absolute atomic E-state index is 13.9. The van der Waals surface area contributed by atoms with Crippen LogP contribution in [0.4, 0.5) is 10.1 Å². The van der Waals surface area contributed by atoms with Crippen molar-refractivity contribution in [1.82, 2.24) is 10.2 Å². The van der Waals surface area contributed by atoms with Crippen LogP contribution in [-0.4, -0.2) is 44.2 Å². The van der Waals surface area contributed by atoms with Crippen LogP contribution < -0.4 is 10.2 Å². The second-order valence-corrected chi connectivity index (χ2v) is 10.4. The molecular formula is C33H38FN3O. The quantitative estimate of drug-likeness (QED) is 0.383. The van der Waals surface area contributed by atoms with Gasteiger partial charge in [0.15, 0.2) is 0 Å². The van der Waals surface area contributed by atoms with Crippen molar-refractivity contribution in [2.24, 2.45) is 0 Å². The van der Waals surface area contributed by atoms with Gasteiger partial charge in [0.25, 0.3) is 5.91 Å². The minimum Gasteiger partial charge on any atom is -0.368 e. The number of nitrogens with one attached hydrogen (secondary N) is 1. The van der Waals surface area contributed by atoms with Gasteiger partial charge in [0.1, 0.15) is 6.17 Å². The Labute approximate surface area is 226 Å². The Kier molecular flexibility index (Phi) is 8.05. The summed E-state index contributed by atoms with van der Waals surface area (Å²) in [6.45, 7) is 13.6. The number of alkyl halides is 1. The van der Waals surface area contributed by atoms with Gasteiger partial charge in [-0.25, -0.2) is 4.39 Å². The van der Waals surface area contributed by atoms with Gasteiger partial charge >= 0.3 is 0 Å². The summed E-state index contributed by atoms with van der Waals surface area (Å²) in [5.74, 6) is 0.00389. The van der Waals surface area contributed by atoms with Gasteiger partial charge in [-0.2, -0.15) is 0 Å². The first kappa shape index (κ1) is 27.2. The number of hydrogen-bond donors (Lipinski definition) is 1. The molecular weight excluding hydrogens is 473 g/mol. The molecule has 198 valence electrons.